The van der Waals surface area contributed by atoms with E-state index in [2.05, 4.69) is 16.4 Å². The summed E-state index contributed by atoms with van der Waals surface area (Å²) >= 11 is 0. The first-order valence-electron chi connectivity index (χ1n) is 13.0. The molecule has 2 aromatic rings. The minimum absolute atomic E-state index is 0.0679. The molecule has 0 spiro atoms. The quantitative estimate of drug-likeness (QED) is 0.548. The van der Waals surface area contributed by atoms with Crippen LogP contribution in [0.5, 0.6) is 0 Å². The Morgan fingerprint density at radius 1 is 1.22 bits per heavy atom. The highest BCUT2D eigenvalue weighted by Gasteiger charge is 2.54. The molecule has 1 aromatic heterocycles. The number of nitrogens with one attached hydrogen (secondary N) is 1. The molecule has 1 aliphatic heterocycles. The maximum atomic E-state index is 13.6. The van der Waals surface area contributed by atoms with Gasteiger partial charge >= 0.3 is 12.1 Å². The van der Waals surface area contributed by atoms with Gasteiger partial charge in [0.25, 0.3) is 0 Å². The van der Waals surface area contributed by atoms with Crippen molar-refractivity contribution in [3.05, 3.63) is 60.2 Å². The van der Waals surface area contributed by atoms with Crippen molar-refractivity contribution >= 4 is 18.1 Å². The van der Waals surface area contributed by atoms with Crippen LogP contribution in [0.15, 0.2) is 48.7 Å². The summed E-state index contributed by atoms with van der Waals surface area (Å²) in [5, 5.41) is 3.00. The van der Waals surface area contributed by atoms with Gasteiger partial charge in [-0.1, -0.05) is 24.3 Å². The second-order valence-corrected chi connectivity index (χ2v) is 10.3. The van der Waals surface area contributed by atoms with E-state index >= 15 is 0 Å². The van der Waals surface area contributed by atoms with Crippen molar-refractivity contribution in [2.45, 2.75) is 51.7 Å². The zero-order valence-electron chi connectivity index (χ0n) is 20.7. The Morgan fingerprint density at radius 2 is 2.08 bits per heavy atom. The summed E-state index contributed by atoms with van der Waals surface area (Å²) < 4.78 is 24.3. The number of aromatic nitrogens is 1. The van der Waals surface area contributed by atoms with Gasteiger partial charge in [0.15, 0.2) is 0 Å². The Labute approximate surface area is 211 Å². The normalized spacial score (nSPS) is 31.4. The Morgan fingerprint density at radius 3 is 2.83 bits per heavy atom. The van der Waals surface area contributed by atoms with Crippen LogP contribution < -0.4 is 5.32 Å². The van der Waals surface area contributed by atoms with Crippen LogP contribution in [0.1, 0.15) is 45.2 Å². The van der Waals surface area contributed by atoms with Crippen molar-refractivity contribution in [2.24, 2.45) is 29.6 Å². The molecule has 0 bridgehead atoms. The Balaban J connectivity index is 1.34. The van der Waals surface area contributed by atoms with Gasteiger partial charge in [-0.2, -0.15) is 0 Å². The third-order valence-corrected chi connectivity index (χ3v) is 8.18. The lowest BCUT2D eigenvalue weighted by molar-refractivity contribution is -0.144. The van der Waals surface area contributed by atoms with Crippen LogP contribution in [0.4, 0.5) is 9.18 Å². The number of carbonyl (C=O) groups is 2. The monoisotopic (exact) mass is 492 g/mol. The average Bonchev–Trinajstić information content (AvgIpc) is 3.15. The highest BCUT2D eigenvalue weighted by molar-refractivity contribution is 5.75. The van der Waals surface area contributed by atoms with Crippen molar-refractivity contribution < 1.29 is 23.5 Å². The maximum Gasteiger partial charge on any atom is 0.407 e. The summed E-state index contributed by atoms with van der Waals surface area (Å²) in [6.45, 7) is 4.15. The van der Waals surface area contributed by atoms with Crippen LogP contribution in [0.3, 0.4) is 0 Å². The van der Waals surface area contributed by atoms with Crippen molar-refractivity contribution in [3.8, 4) is 11.1 Å². The molecule has 5 rings (SSSR count). The minimum atomic E-state index is -0.368. The Kier molecular flexibility index (Phi) is 7.08. The molecular formula is C29H33FN2O4. The molecule has 1 saturated heterocycles. The van der Waals surface area contributed by atoms with E-state index in [0.717, 1.165) is 42.5 Å². The van der Waals surface area contributed by atoms with E-state index in [1.807, 2.05) is 31.2 Å². The van der Waals surface area contributed by atoms with Gasteiger partial charge < -0.3 is 14.8 Å². The standard InChI is InChI=1S/C29H33FN2O4/c1-3-35-29(34)32-23-10-11-24-20(14-23)15-26-27(17(2)36-28(26)33)25(24)12-9-22-8-7-19(16-31-22)18-5-4-6-21(30)13-18/h4-9,12-13,16-17,20,23-27H,3,10-11,14-15H2,1-2H3,(H,32,34)/t17-,20+,23+,24-,25+,26-,27+/m1/s1. The number of halogens is 1. The maximum absolute atomic E-state index is 13.6. The van der Waals surface area contributed by atoms with E-state index < -0.39 is 0 Å². The molecule has 0 radical (unpaired) electrons. The van der Waals surface area contributed by atoms with Crippen LogP contribution in [0.2, 0.25) is 0 Å². The molecule has 2 saturated carbocycles. The predicted octanol–water partition coefficient (Wildman–Crippen LogP) is 5.63. The highest BCUT2D eigenvalue weighted by atomic mass is 19.1. The van der Waals surface area contributed by atoms with E-state index in [1.165, 1.54) is 12.1 Å². The van der Waals surface area contributed by atoms with Gasteiger partial charge in [0, 0.05) is 23.7 Å². The molecule has 1 aromatic carbocycles. The summed E-state index contributed by atoms with van der Waals surface area (Å²) in [6.07, 6.45) is 9.07. The Hall–Kier alpha value is -3.22. The molecule has 7 heteroatoms. The smallest absolute Gasteiger partial charge is 0.407 e. The van der Waals surface area contributed by atoms with E-state index in [-0.39, 0.29) is 47.8 Å². The number of carbonyl (C=O) groups excluding carboxylic acids is 2. The number of fused-ring (bicyclic) bond motifs is 2. The SMILES string of the molecule is CCOC(=O)N[C@H]1CC[C@@H]2[C@@H](C1)C[C@H]1C(=O)O[C@H](C)[C@H]1[C@H]2C=Cc1ccc(-c2cccc(F)c2)cn1. The van der Waals surface area contributed by atoms with Gasteiger partial charge in [-0.25, -0.2) is 9.18 Å². The summed E-state index contributed by atoms with van der Waals surface area (Å²) in [5.41, 5.74) is 2.48. The molecule has 36 heavy (non-hydrogen) atoms. The molecule has 1 amide bonds. The largest absolute Gasteiger partial charge is 0.462 e. The number of benzene rings is 1. The van der Waals surface area contributed by atoms with Gasteiger partial charge in [0.05, 0.1) is 18.2 Å². The first-order valence-corrected chi connectivity index (χ1v) is 13.0. The molecule has 1 N–H and O–H groups in total. The van der Waals surface area contributed by atoms with Crippen LogP contribution in [0, 0.1) is 35.4 Å². The fourth-order valence-corrected chi connectivity index (χ4v) is 6.64. The van der Waals surface area contributed by atoms with Crippen molar-refractivity contribution in [1.82, 2.24) is 10.3 Å². The minimum Gasteiger partial charge on any atom is -0.462 e. The molecule has 6 nitrogen and oxygen atoms in total. The average molecular weight is 493 g/mol. The van der Waals surface area contributed by atoms with Gasteiger partial charge in [-0.15, -0.1) is 0 Å². The first kappa shape index (κ1) is 24.5. The molecule has 3 aliphatic rings. The van der Waals surface area contributed by atoms with Crippen molar-refractivity contribution in [3.63, 3.8) is 0 Å². The molecule has 190 valence electrons. The van der Waals surface area contributed by atoms with Gasteiger partial charge in [0.2, 0.25) is 0 Å². The van der Waals surface area contributed by atoms with E-state index in [9.17, 15) is 14.0 Å². The van der Waals surface area contributed by atoms with Crippen molar-refractivity contribution in [2.75, 3.05) is 6.61 Å². The summed E-state index contributed by atoms with van der Waals surface area (Å²) in [6, 6.07) is 10.4. The number of ether oxygens (including phenoxy) is 2. The zero-order valence-corrected chi connectivity index (χ0v) is 20.7. The molecule has 2 heterocycles. The number of cyclic esters (lactones) is 1. The number of pyridine rings is 1. The van der Waals surface area contributed by atoms with Gasteiger partial charge in [-0.3, -0.25) is 9.78 Å². The number of esters is 1. The topological polar surface area (TPSA) is 77.5 Å². The zero-order chi connectivity index (χ0) is 25.2. The van der Waals surface area contributed by atoms with Gasteiger partial charge in [0.1, 0.15) is 11.9 Å². The van der Waals surface area contributed by atoms with E-state index in [4.69, 9.17) is 9.47 Å². The van der Waals surface area contributed by atoms with Gasteiger partial charge in [-0.05, 0) is 87.1 Å². The second-order valence-electron chi connectivity index (χ2n) is 10.3. The second kappa shape index (κ2) is 10.4. The molecule has 0 unspecified atom stereocenters. The van der Waals surface area contributed by atoms with E-state index in [1.54, 1.807) is 19.2 Å². The number of hydrogen-bond acceptors (Lipinski definition) is 5. The molecular weight excluding hydrogens is 459 g/mol. The Bertz CT molecular complexity index is 1130. The fourth-order valence-electron chi connectivity index (χ4n) is 6.64. The van der Waals surface area contributed by atoms with Crippen molar-refractivity contribution in [1.29, 1.82) is 0 Å². The number of amides is 1. The molecule has 7 atom stereocenters. The number of nitrogens with zero attached hydrogens (tertiary/aromatic N) is 1. The summed E-state index contributed by atoms with van der Waals surface area (Å²) in [4.78, 5) is 29.2. The lowest BCUT2D eigenvalue weighted by Gasteiger charge is -2.47. The number of allylic oxidation sites excluding steroid dienone is 1. The third kappa shape index (κ3) is 5.01. The number of alkyl carbamates (subject to hydrolysis) is 1. The highest BCUT2D eigenvalue weighted by Crippen LogP contribution is 2.53. The van der Waals surface area contributed by atoms with Crippen LogP contribution in [0.25, 0.3) is 17.2 Å². The van der Waals surface area contributed by atoms with Crippen LogP contribution >= 0.6 is 0 Å². The lowest BCUT2D eigenvalue weighted by Crippen LogP contribution is -2.48. The molecule has 2 aliphatic carbocycles. The fraction of sp³-hybridized carbons (Fsp3) is 0.483. The lowest BCUT2D eigenvalue weighted by atomic mass is 9.57. The number of rotatable bonds is 5. The van der Waals surface area contributed by atoms with E-state index in [0.29, 0.717) is 18.4 Å². The number of hydrogen-bond donors (Lipinski definition) is 1. The summed E-state index contributed by atoms with van der Waals surface area (Å²) in [5.74, 6) is 0.629. The first-order chi connectivity index (χ1) is 17.4. The van der Waals surface area contributed by atoms with Crippen LogP contribution in [-0.2, 0) is 14.3 Å². The summed E-state index contributed by atoms with van der Waals surface area (Å²) in [7, 11) is 0. The molecule has 3 fully saturated rings. The van der Waals surface area contributed by atoms with Crippen LogP contribution in [-0.4, -0.2) is 35.8 Å². The third-order valence-electron chi connectivity index (χ3n) is 8.18. The predicted molar refractivity (Wildman–Crippen MR) is 134 cm³/mol.